The van der Waals surface area contributed by atoms with Crippen LogP contribution in [0.4, 0.5) is 5.69 Å². The molecule has 1 aliphatic rings. The fourth-order valence-corrected chi connectivity index (χ4v) is 6.01. The number of fused-ring (bicyclic) bond motifs is 2. The molecule has 1 N–H and O–H groups in total. The summed E-state index contributed by atoms with van der Waals surface area (Å²) in [4.78, 5) is 43.7. The SMILES string of the molecule is COc1ccc(CCNC(=O)CSc2nc3ccc(N4C(=O)c5ccccc5C4=O)cc3s2)cc1OC. The number of methoxy groups -OCH3 is 2. The number of ether oxygens (including phenoxy) is 2. The molecule has 0 bridgehead atoms. The van der Waals surface area contributed by atoms with Gasteiger partial charge in [0.15, 0.2) is 15.8 Å². The summed E-state index contributed by atoms with van der Waals surface area (Å²) in [6.07, 6.45) is 0.665. The van der Waals surface area contributed by atoms with E-state index in [2.05, 4.69) is 10.3 Å². The van der Waals surface area contributed by atoms with Gasteiger partial charge in [0.1, 0.15) is 0 Å². The van der Waals surface area contributed by atoms with Crippen LogP contribution >= 0.6 is 23.1 Å². The van der Waals surface area contributed by atoms with Gasteiger partial charge in [-0.15, -0.1) is 11.3 Å². The molecule has 188 valence electrons. The van der Waals surface area contributed by atoms with Crippen molar-refractivity contribution in [1.82, 2.24) is 10.3 Å². The molecular formula is C27H23N3O5S2. The first-order chi connectivity index (χ1) is 18.0. The van der Waals surface area contributed by atoms with Crippen molar-refractivity contribution >= 4 is 56.7 Å². The molecule has 8 nitrogen and oxygen atoms in total. The predicted octanol–water partition coefficient (Wildman–Crippen LogP) is 4.57. The van der Waals surface area contributed by atoms with Crippen molar-refractivity contribution in [2.24, 2.45) is 0 Å². The lowest BCUT2D eigenvalue weighted by molar-refractivity contribution is -0.118. The van der Waals surface area contributed by atoms with Crippen molar-refractivity contribution in [1.29, 1.82) is 0 Å². The Morgan fingerprint density at radius 3 is 2.41 bits per heavy atom. The van der Waals surface area contributed by atoms with Crippen molar-refractivity contribution < 1.29 is 23.9 Å². The van der Waals surface area contributed by atoms with E-state index in [0.717, 1.165) is 20.1 Å². The van der Waals surface area contributed by atoms with E-state index < -0.39 is 0 Å². The summed E-state index contributed by atoms with van der Waals surface area (Å²) in [7, 11) is 3.18. The van der Waals surface area contributed by atoms with Crippen LogP contribution in [0.25, 0.3) is 10.2 Å². The molecule has 0 saturated carbocycles. The maximum absolute atomic E-state index is 12.8. The highest BCUT2D eigenvalue weighted by molar-refractivity contribution is 8.01. The van der Waals surface area contributed by atoms with Crippen LogP contribution in [0.3, 0.4) is 0 Å². The maximum atomic E-state index is 12.8. The second-order valence-electron chi connectivity index (χ2n) is 8.20. The highest BCUT2D eigenvalue weighted by Crippen LogP contribution is 2.35. The van der Waals surface area contributed by atoms with Crippen LogP contribution in [0.15, 0.2) is 65.0 Å². The van der Waals surface area contributed by atoms with Crippen LogP contribution in [0.2, 0.25) is 0 Å². The Bertz CT molecular complexity index is 1480. The van der Waals surface area contributed by atoms with Gasteiger partial charge in [-0.3, -0.25) is 14.4 Å². The topological polar surface area (TPSA) is 97.8 Å². The van der Waals surface area contributed by atoms with Gasteiger partial charge in [0, 0.05) is 6.54 Å². The molecule has 0 atom stereocenters. The standard InChI is InChI=1S/C27H23N3O5S2/c1-34-21-10-7-16(13-22(21)35-2)11-12-28-24(31)15-36-27-29-20-9-8-17(14-23(20)37-27)30-25(32)18-5-3-4-6-19(18)26(30)33/h3-10,13-14H,11-12,15H2,1-2H3,(H,28,31). The lowest BCUT2D eigenvalue weighted by atomic mass is 10.1. The Morgan fingerprint density at radius 1 is 0.973 bits per heavy atom. The summed E-state index contributed by atoms with van der Waals surface area (Å²) >= 11 is 2.78. The fourth-order valence-electron chi connectivity index (χ4n) is 4.08. The van der Waals surface area contributed by atoms with Gasteiger partial charge < -0.3 is 14.8 Å². The molecule has 0 saturated heterocycles. The Morgan fingerprint density at radius 2 is 1.70 bits per heavy atom. The van der Waals surface area contributed by atoms with Gasteiger partial charge in [0.25, 0.3) is 11.8 Å². The largest absolute Gasteiger partial charge is 0.493 e. The number of benzene rings is 3. The number of carbonyl (C=O) groups is 3. The highest BCUT2D eigenvalue weighted by Gasteiger charge is 2.36. The second kappa shape index (κ2) is 10.6. The third-order valence-electron chi connectivity index (χ3n) is 5.92. The monoisotopic (exact) mass is 533 g/mol. The molecule has 0 fully saturated rings. The third-order valence-corrected chi connectivity index (χ3v) is 8.08. The molecule has 1 aromatic heterocycles. The van der Waals surface area contributed by atoms with Crippen molar-refractivity contribution in [3.05, 3.63) is 77.4 Å². The Labute approximate surface area is 221 Å². The van der Waals surface area contributed by atoms with E-state index >= 15 is 0 Å². The minimum absolute atomic E-state index is 0.0866. The van der Waals surface area contributed by atoms with E-state index in [1.54, 1.807) is 56.7 Å². The summed E-state index contributed by atoms with van der Waals surface area (Å²) in [5.41, 5.74) is 3.11. The number of hydrogen-bond donors (Lipinski definition) is 1. The summed E-state index contributed by atoms with van der Waals surface area (Å²) in [5.74, 6) is 0.808. The molecule has 4 aromatic rings. The zero-order chi connectivity index (χ0) is 25.9. The lowest BCUT2D eigenvalue weighted by Crippen LogP contribution is -2.29. The van der Waals surface area contributed by atoms with E-state index in [-0.39, 0.29) is 23.5 Å². The molecule has 37 heavy (non-hydrogen) atoms. The number of hydrogen-bond acceptors (Lipinski definition) is 8. The zero-order valence-corrected chi connectivity index (χ0v) is 21.8. The van der Waals surface area contributed by atoms with Crippen LogP contribution in [0, 0.1) is 0 Å². The molecule has 3 aromatic carbocycles. The minimum Gasteiger partial charge on any atom is -0.493 e. The van der Waals surface area contributed by atoms with Gasteiger partial charge in [-0.05, 0) is 54.4 Å². The van der Waals surface area contributed by atoms with Gasteiger partial charge in [-0.2, -0.15) is 0 Å². The third kappa shape index (κ3) is 5.03. The number of nitrogens with zero attached hydrogens (tertiary/aromatic N) is 2. The fraction of sp³-hybridized carbons (Fsp3) is 0.185. The Balaban J connectivity index is 1.18. The molecule has 3 amide bonds. The van der Waals surface area contributed by atoms with Crippen LogP contribution in [-0.2, 0) is 11.2 Å². The number of imide groups is 1. The van der Waals surface area contributed by atoms with Crippen molar-refractivity contribution in [3.63, 3.8) is 0 Å². The summed E-state index contributed by atoms with van der Waals surface area (Å²) in [5, 5.41) is 2.93. The van der Waals surface area contributed by atoms with Gasteiger partial charge in [0.2, 0.25) is 5.91 Å². The smallest absolute Gasteiger partial charge is 0.266 e. The van der Waals surface area contributed by atoms with E-state index in [1.165, 1.54) is 28.0 Å². The average Bonchev–Trinajstić information content (AvgIpc) is 3.44. The number of rotatable bonds is 9. The summed E-state index contributed by atoms with van der Waals surface area (Å²) in [6.45, 7) is 0.498. The molecule has 0 unspecified atom stereocenters. The summed E-state index contributed by atoms with van der Waals surface area (Å²) < 4.78 is 12.1. The number of thiazole rings is 1. The molecular weight excluding hydrogens is 510 g/mol. The molecule has 0 spiro atoms. The molecule has 0 radical (unpaired) electrons. The quantitative estimate of drug-likeness (QED) is 0.249. The van der Waals surface area contributed by atoms with Crippen molar-refractivity contribution in [2.45, 2.75) is 10.8 Å². The molecule has 0 aliphatic carbocycles. The van der Waals surface area contributed by atoms with E-state index in [4.69, 9.17) is 9.47 Å². The van der Waals surface area contributed by atoms with Crippen molar-refractivity contribution in [3.8, 4) is 11.5 Å². The number of carbonyl (C=O) groups excluding carboxylic acids is 3. The van der Waals surface area contributed by atoms with E-state index in [9.17, 15) is 14.4 Å². The van der Waals surface area contributed by atoms with Crippen LogP contribution in [0.1, 0.15) is 26.3 Å². The van der Waals surface area contributed by atoms with Crippen molar-refractivity contribution in [2.75, 3.05) is 31.4 Å². The zero-order valence-electron chi connectivity index (χ0n) is 20.1. The number of nitrogens with one attached hydrogen (secondary N) is 1. The average molecular weight is 534 g/mol. The second-order valence-corrected chi connectivity index (χ2v) is 10.5. The first-order valence-corrected chi connectivity index (χ1v) is 13.3. The Kier molecular flexibility index (Phi) is 7.11. The highest BCUT2D eigenvalue weighted by atomic mass is 32.2. The van der Waals surface area contributed by atoms with Crippen LogP contribution < -0.4 is 19.7 Å². The number of thioether (sulfide) groups is 1. The van der Waals surface area contributed by atoms with Gasteiger partial charge in [-0.25, -0.2) is 9.88 Å². The Hall–Kier alpha value is -3.89. The van der Waals surface area contributed by atoms with Gasteiger partial charge >= 0.3 is 0 Å². The first kappa shape index (κ1) is 24.8. The summed E-state index contributed by atoms with van der Waals surface area (Å²) in [6, 6.07) is 17.8. The minimum atomic E-state index is -0.330. The lowest BCUT2D eigenvalue weighted by Gasteiger charge is -2.13. The number of amides is 3. The van der Waals surface area contributed by atoms with E-state index in [1.807, 2.05) is 18.2 Å². The molecule has 2 heterocycles. The first-order valence-electron chi connectivity index (χ1n) is 11.5. The van der Waals surface area contributed by atoms with Gasteiger partial charge in [0.05, 0.1) is 47.0 Å². The van der Waals surface area contributed by atoms with Crippen LogP contribution in [0.5, 0.6) is 11.5 Å². The molecule has 10 heteroatoms. The molecule has 5 rings (SSSR count). The maximum Gasteiger partial charge on any atom is 0.266 e. The molecule has 1 aliphatic heterocycles. The number of aromatic nitrogens is 1. The van der Waals surface area contributed by atoms with Crippen LogP contribution in [-0.4, -0.2) is 49.2 Å². The van der Waals surface area contributed by atoms with E-state index in [0.29, 0.717) is 41.3 Å². The predicted molar refractivity (Wildman–Crippen MR) is 144 cm³/mol. The number of anilines is 1. The van der Waals surface area contributed by atoms with Gasteiger partial charge in [-0.1, -0.05) is 30.0 Å². The normalized spacial score (nSPS) is 12.6.